The molecule has 2 aliphatic rings. The molecule has 1 atom stereocenters. The van der Waals surface area contributed by atoms with Gasteiger partial charge in [-0.15, -0.1) is 0 Å². The summed E-state index contributed by atoms with van der Waals surface area (Å²) >= 11 is 4.92. The Bertz CT molecular complexity index is 777. The molecule has 1 aliphatic carbocycles. The Morgan fingerprint density at radius 1 is 1.35 bits per heavy atom. The standard InChI is InChI=1S/C18H17BrN2OS/c1-11-3-8-15(9-12(11)2)20-18-21-17(22)16(23-18)10-13-4-6-14(19)7-5-13/h3-6,8-10,14H,7H2,1-2H3,(H,20,21,22)/b16-10-/t14-/m0/s1. The van der Waals surface area contributed by atoms with Crippen molar-refractivity contribution in [3.63, 3.8) is 0 Å². The number of nitrogens with one attached hydrogen (secondary N) is 1. The normalized spacial score (nSPS) is 24.2. The minimum atomic E-state index is -0.0900. The zero-order chi connectivity index (χ0) is 16.4. The van der Waals surface area contributed by atoms with Gasteiger partial charge in [0, 0.05) is 4.83 Å². The van der Waals surface area contributed by atoms with Crippen LogP contribution in [-0.4, -0.2) is 15.9 Å². The quantitative estimate of drug-likeness (QED) is 0.589. The van der Waals surface area contributed by atoms with Crippen LogP contribution in [0.3, 0.4) is 0 Å². The molecule has 118 valence electrons. The number of hydrogen-bond donors (Lipinski definition) is 1. The zero-order valence-corrected chi connectivity index (χ0v) is 15.4. The Morgan fingerprint density at radius 3 is 2.87 bits per heavy atom. The number of benzene rings is 1. The molecule has 0 unspecified atom stereocenters. The fraction of sp³-hybridized carbons (Fsp3) is 0.222. The Morgan fingerprint density at radius 2 is 2.17 bits per heavy atom. The second-order valence-corrected chi connectivity index (χ2v) is 7.77. The van der Waals surface area contributed by atoms with Crippen molar-refractivity contribution in [2.24, 2.45) is 4.99 Å². The lowest BCUT2D eigenvalue weighted by Gasteiger charge is -2.07. The second-order valence-electron chi connectivity index (χ2n) is 5.57. The number of aliphatic imine (C=N–C) groups is 1. The summed E-state index contributed by atoms with van der Waals surface area (Å²) in [5.74, 6) is -0.0900. The van der Waals surface area contributed by atoms with Gasteiger partial charge in [-0.2, -0.15) is 0 Å². The van der Waals surface area contributed by atoms with E-state index in [1.165, 1.54) is 22.9 Å². The maximum absolute atomic E-state index is 12.1. The van der Waals surface area contributed by atoms with E-state index in [-0.39, 0.29) is 5.91 Å². The van der Waals surface area contributed by atoms with Gasteiger partial charge in [-0.1, -0.05) is 40.2 Å². The van der Waals surface area contributed by atoms with Crippen LogP contribution < -0.4 is 5.32 Å². The summed E-state index contributed by atoms with van der Waals surface area (Å²) in [5, 5.41) is 3.46. The van der Waals surface area contributed by atoms with E-state index in [1.54, 1.807) is 0 Å². The van der Waals surface area contributed by atoms with Crippen LogP contribution in [0.5, 0.6) is 0 Å². The summed E-state index contributed by atoms with van der Waals surface area (Å²) in [6.07, 6.45) is 9.10. The minimum absolute atomic E-state index is 0.0900. The molecule has 1 aromatic rings. The average Bonchev–Trinajstić information content (AvgIpc) is 2.85. The molecule has 3 nitrogen and oxygen atoms in total. The lowest BCUT2D eigenvalue weighted by Crippen LogP contribution is -2.19. The number of hydrogen-bond acceptors (Lipinski definition) is 3. The van der Waals surface area contributed by atoms with Gasteiger partial charge in [0.1, 0.15) is 0 Å². The van der Waals surface area contributed by atoms with Gasteiger partial charge in [0.05, 0.1) is 10.6 Å². The van der Waals surface area contributed by atoms with Crippen LogP contribution in [0.2, 0.25) is 0 Å². The van der Waals surface area contributed by atoms with E-state index in [4.69, 9.17) is 0 Å². The summed E-state index contributed by atoms with van der Waals surface area (Å²) < 4.78 is 0. The van der Waals surface area contributed by atoms with Crippen molar-refractivity contribution in [2.45, 2.75) is 25.1 Å². The van der Waals surface area contributed by atoms with E-state index in [0.29, 0.717) is 14.9 Å². The molecule has 5 heteroatoms. The summed E-state index contributed by atoms with van der Waals surface area (Å²) in [5.41, 5.74) is 4.35. The number of allylic oxidation sites excluding steroid dienone is 5. The van der Waals surface area contributed by atoms with Crippen molar-refractivity contribution < 1.29 is 4.79 Å². The van der Waals surface area contributed by atoms with Gasteiger partial charge in [-0.3, -0.25) is 4.79 Å². The smallest absolute Gasteiger partial charge is 0.264 e. The maximum Gasteiger partial charge on any atom is 0.264 e. The van der Waals surface area contributed by atoms with Gasteiger partial charge in [0.15, 0.2) is 5.17 Å². The molecule has 1 saturated heterocycles. The van der Waals surface area contributed by atoms with Gasteiger partial charge in [0.2, 0.25) is 0 Å². The summed E-state index contributed by atoms with van der Waals surface area (Å²) in [6, 6.07) is 6.03. The number of aryl methyl sites for hydroxylation is 2. The molecule has 0 bridgehead atoms. The van der Waals surface area contributed by atoms with Gasteiger partial charge in [0.25, 0.3) is 5.91 Å². The number of carbonyl (C=O) groups is 1. The number of thioether (sulfide) groups is 1. The molecule has 0 spiro atoms. The molecule has 1 N–H and O–H groups in total. The van der Waals surface area contributed by atoms with E-state index in [1.807, 2.05) is 30.4 Å². The van der Waals surface area contributed by atoms with Crippen molar-refractivity contribution in [2.75, 3.05) is 0 Å². The summed E-state index contributed by atoms with van der Waals surface area (Å²) in [7, 11) is 0. The van der Waals surface area contributed by atoms with Crippen LogP contribution in [-0.2, 0) is 4.79 Å². The number of halogens is 1. The third-order valence-corrected chi connectivity index (χ3v) is 5.33. The number of amidine groups is 1. The van der Waals surface area contributed by atoms with E-state index in [9.17, 15) is 4.79 Å². The molecule has 3 rings (SSSR count). The lowest BCUT2D eigenvalue weighted by molar-refractivity contribution is -0.115. The Kier molecular flexibility index (Phi) is 4.87. The fourth-order valence-corrected chi connectivity index (χ4v) is 3.44. The molecule has 1 aliphatic heterocycles. The number of amides is 1. The molecule has 0 saturated carbocycles. The number of alkyl halides is 1. The first kappa shape index (κ1) is 16.3. The third kappa shape index (κ3) is 4.03. The average molecular weight is 389 g/mol. The van der Waals surface area contributed by atoms with Gasteiger partial charge in [-0.25, -0.2) is 4.99 Å². The molecule has 1 aromatic carbocycles. The van der Waals surface area contributed by atoms with Crippen LogP contribution in [0.4, 0.5) is 5.69 Å². The van der Waals surface area contributed by atoms with Crippen molar-refractivity contribution in [1.82, 2.24) is 5.32 Å². The highest BCUT2D eigenvalue weighted by molar-refractivity contribution is 9.09. The van der Waals surface area contributed by atoms with E-state index < -0.39 is 0 Å². The first-order valence-corrected chi connectivity index (χ1v) is 9.14. The van der Waals surface area contributed by atoms with Gasteiger partial charge in [-0.05, 0) is 66.9 Å². The first-order chi connectivity index (χ1) is 11.0. The summed E-state index contributed by atoms with van der Waals surface area (Å²) in [4.78, 5) is 17.7. The molecule has 1 amide bonds. The van der Waals surface area contributed by atoms with Crippen molar-refractivity contribution >= 4 is 44.5 Å². The predicted molar refractivity (Wildman–Crippen MR) is 101 cm³/mol. The second kappa shape index (κ2) is 6.89. The minimum Gasteiger partial charge on any atom is -0.300 e. The van der Waals surface area contributed by atoms with Gasteiger partial charge < -0.3 is 5.32 Å². The molecule has 23 heavy (non-hydrogen) atoms. The van der Waals surface area contributed by atoms with Crippen molar-refractivity contribution in [3.05, 3.63) is 64.1 Å². The molecule has 1 fully saturated rings. The molecule has 0 radical (unpaired) electrons. The van der Waals surface area contributed by atoms with Crippen LogP contribution in [0.15, 0.2) is 58.0 Å². The number of rotatable bonds is 2. The van der Waals surface area contributed by atoms with E-state index in [0.717, 1.165) is 17.7 Å². The third-order valence-electron chi connectivity index (χ3n) is 3.75. The SMILES string of the molecule is Cc1ccc(N=C2NC(=O)/C(=C/C3=CC[C@@H](Br)C=C3)S2)cc1C. The fourth-order valence-electron chi connectivity index (χ4n) is 2.26. The van der Waals surface area contributed by atoms with E-state index in [2.05, 4.69) is 52.2 Å². The molecule has 1 heterocycles. The Balaban J connectivity index is 1.78. The molecular formula is C18H17BrN2OS. The van der Waals surface area contributed by atoms with Crippen LogP contribution in [0.25, 0.3) is 0 Å². The lowest BCUT2D eigenvalue weighted by atomic mass is 10.1. The number of carbonyl (C=O) groups excluding carboxylic acids is 1. The topological polar surface area (TPSA) is 41.5 Å². The Labute approximate surface area is 148 Å². The van der Waals surface area contributed by atoms with Crippen LogP contribution in [0.1, 0.15) is 17.5 Å². The van der Waals surface area contributed by atoms with Crippen molar-refractivity contribution in [1.29, 1.82) is 0 Å². The first-order valence-electron chi connectivity index (χ1n) is 7.40. The zero-order valence-electron chi connectivity index (χ0n) is 13.0. The predicted octanol–water partition coefficient (Wildman–Crippen LogP) is 4.69. The Hall–Kier alpha value is -1.59. The summed E-state index contributed by atoms with van der Waals surface area (Å²) in [6.45, 7) is 4.13. The molecular weight excluding hydrogens is 372 g/mol. The number of nitrogens with zero attached hydrogens (tertiary/aromatic N) is 1. The van der Waals surface area contributed by atoms with Crippen LogP contribution >= 0.6 is 27.7 Å². The molecule has 0 aromatic heterocycles. The highest BCUT2D eigenvalue weighted by Crippen LogP contribution is 2.29. The largest absolute Gasteiger partial charge is 0.300 e. The highest BCUT2D eigenvalue weighted by Gasteiger charge is 2.24. The monoisotopic (exact) mass is 388 g/mol. The van der Waals surface area contributed by atoms with Crippen molar-refractivity contribution in [3.8, 4) is 0 Å². The van der Waals surface area contributed by atoms with E-state index >= 15 is 0 Å². The van der Waals surface area contributed by atoms with Gasteiger partial charge >= 0.3 is 0 Å². The highest BCUT2D eigenvalue weighted by atomic mass is 79.9. The van der Waals surface area contributed by atoms with Crippen LogP contribution in [0, 0.1) is 13.8 Å². The maximum atomic E-state index is 12.1.